The minimum atomic E-state index is -0.765. The van der Waals surface area contributed by atoms with E-state index in [1.54, 1.807) is 11.0 Å². The van der Waals surface area contributed by atoms with E-state index < -0.39 is 17.3 Å². The number of halogens is 1. The Balaban J connectivity index is 1.42. The summed E-state index contributed by atoms with van der Waals surface area (Å²) >= 11 is 0. The number of benzene rings is 1. The van der Waals surface area contributed by atoms with Crippen LogP contribution in [0.5, 0.6) is 0 Å². The lowest BCUT2D eigenvalue weighted by atomic mass is 10.0. The third kappa shape index (κ3) is 6.43. The molecule has 1 saturated carbocycles. The number of piperidine rings is 1. The minimum Gasteiger partial charge on any atom is -0.444 e. The average Bonchev–Trinajstić information content (AvgIpc) is 3.72. The van der Waals surface area contributed by atoms with E-state index >= 15 is 0 Å². The largest absolute Gasteiger partial charge is 0.444 e. The summed E-state index contributed by atoms with van der Waals surface area (Å²) < 4.78 is 20.0. The lowest BCUT2D eigenvalue weighted by Gasteiger charge is -2.39. The van der Waals surface area contributed by atoms with Crippen LogP contribution in [0.2, 0.25) is 0 Å². The molecule has 10 nitrogen and oxygen atoms in total. The highest BCUT2D eigenvalue weighted by atomic mass is 19.1. The number of amides is 3. The van der Waals surface area contributed by atoms with Gasteiger partial charge < -0.3 is 19.9 Å². The van der Waals surface area contributed by atoms with Crippen molar-refractivity contribution in [3.05, 3.63) is 47.5 Å². The molecule has 4 rings (SSSR count). The van der Waals surface area contributed by atoms with E-state index in [-0.39, 0.29) is 42.0 Å². The smallest absolute Gasteiger partial charge is 0.410 e. The van der Waals surface area contributed by atoms with Crippen LogP contribution in [0, 0.1) is 17.1 Å². The van der Waals surface area contributed by atoms with Crippen molar-refractivity contribution in [3.8, 4) is 17.5 Å². The molecule has 1 aromatic carbocycles. The number of carbonyl (C=O) groups is 3. The fourth-order valence-electron chi connectivity index (χ4n) is 4.43. The summed E-state index contributed by atoms with van der Waals surface area (Å²) in [7, 11) is 0. The molecule has 2 fully saturated rings. The summed E-state index contributed by atoms with van der Waals surface area (Å²) in [6, 6.07) is 5.89. The van der Waals surface area contributed by atoms with Crippen LogP contribution in [0.3, 0.4) is 0 Å². The standard InChI is InChI=1S/C27H31FN6O4/c1-27(2,3)38-26(37)33-12-8-20(9-13-33)34(19-5-6-19)25(36)18-15-31-23(32-16-18)17-4-7-21(22(28)14-17)24(35)30-11-10-29/h4,7,14-16,19-20H,5-6,8-9,11-13H2,1-3H3,(H,30,35). The highest BCUT2D eigenvalue weighted by molar-refractivity contribution is 5.95. The first-order chi connectivity index (χ1) is 18.1. The lowest BCUT2D eigenvalue weighted by molar-refractivity contribution is 0.0142. The van der Waals surface area contributed by atoms with Gasteiger partial charge in [0.1, 0.15) is 18.0 Å². The second-order valence-electron chi connectivity index (χ2n) is 10.5. The van der Waals surface area contributed by atoms with Gasteiger partial charge in [-0.25, -0.2) is 19.2 Å². The quantitative estimate of drug-likeness (QED) is 0.575. The van der Waals surface area contributed by atoms with E-state index in [0.717, 1.165) is 18.9 Å². The first kappa shape index (κ1) is 27.0. The molecule has 1 aromatic heterocycles. The molecule has 0 bridgehead atoms. The summed E-state index contributed by atoms with van der Waals surface area (Å²) in [6.07, 6.45) is 5.72. The molecule has 0 radical (unpaired) electrons. The Hall–Kier alpha value is -4.07. The van der Waals surface area contributed by atoms with E-state index in [4.69, 9.17) is 10.00 Å². The van der Waals surface area contributed by atoms with E-state index in [1.807, 2.05) is 25.7 Å². The predicted octanol–water partition coefficient (Wildman–Crippen LogP) is 3.54. The normalized spacial score (nSPS) is 15.9. The topological polar surface area (TPSA) is 129 Å². The zero-order valence-corrected chi connectivity index (χ0v) is 21.7. The van der Waals surface area contributed by atoms with Crippen LogP contribution in [-0.2, 0) is 4.74 Å². The Labute approximate surface area is 220 Å². The molecule has 1 aliphatic heterocycles. The van der Waals surface area contributed by atoms with E-state index in [1.165, 1.54) is 24.5 Å². The Morgan fingerprint density at radius 3 is 2.32 bits per heavy atom. The van der Waals surface area contributed by atoms with Crippen LogP contribution >= 0.6 is 0 Å². The van der Waals surface area contributed by atoms with Gasteiger partial charge in [-0.2, -0.15) is 5.26 Å². The van der Waals surface area contributed by atoms with Gasteiger partial charge in [0.25, 0.3) is 11.8 Å². The summed E-state index contributed by atoms with van der Waals surface area (Å²) in [5.74, 6) is -1.40. The third-order valence-corrected chi connectivity index (χ3v) is 6.38. The van der Waals surface area contributed by atoms with Crippen molar-refractivity contribution < 1.29 is 23.5 Å². The SMILES string of the molecule is CC(C)(C)OC(=O)N1CCC(N(C(=O)c2cnc(-c3ccc(C(=O)NCC#N)c(F)c3)nc2)C2CC2)CC1. The first-order valence-corrected chi connectivity index (χ1v) is 12.6. The monoisotopic (exact) mass is 522 g/mol. The number of ether oxygens (including phenoxy) is 1. The molecule has 1 saturated heterocycles. The van der Waals surface area contributed by atoms with Crippen molar-refractivity contribution in [1.29, 1.82) is 5.26 Å². The molecule has 2 aromatic rings. The third-order valence-electron chi connectivity index (χ3n) is 6.38. The molecule has 2 heterocycles. The van der Waals surface area contributed by atoms with Crippen LogP contribution < -0.4 is 5.32 Å². The van der Waals surface area contributed by atoms with Crippen LogP contribution in [0.25, 0.3) is 11.4 Å². The zero-order chi connectivity index (χ0) is 27.4. The highest BCUT2D eigenvalue weighted by Crippen LogP contribution is 2.33. The maximum Gasteiger partial charge on any atom is 0.410 e. The van der Waals surface area contributed by atoms with Crippen molar-refractivity contribution in [3.63, 3.8) is 0 Å². The van der Waals surface area contributed by atoms with Gasteiger partial charge in [0, 0.05) is 43.1 Å². The number of nitrogens with one attached hydrogen (secondary N) is 1. The first-order valence-electron chi connectivity index (χ1n) is 12.6. The van der Waals surface area contributed by atoms with Crippen molar-refractivity contribution in [2.24, 2.45) is 0 Å². The molecule has 1 aliphatic carbocycles. The van der Waals surface area contributed by atoms with Gasteiger partial charge in [0.05, 0.1) is 17.2 Å². The molecule has 1 N–H and O–H groups in total. The van der Waals surface area contributed by atoms with Crippen LogP contribution in [-0.4, -0.2) is 75.0 Å². The molecule has 0 unspecified atom stereocenters. The summed E-state index contributed by atoms with van der Waals surface area (Å²) in [5.41, 5.74) is -0.0556. The van der Waals surface area contributed by atoms with E-state index in [9.17, 15) is 18.8 Å². The molecular weight excluding hydrogens is 491 g/mol. The van der Waals surface area contributed by atoms with Gasteiger partial charge in [-0.3, -0.25) is 9.59 Å². The summed E-state index contributed by atoms with van der Waals surface area (Å²) in [5, 5.41) is 10.9. The molecule has 2 aliphatic rings. The number of aromatic nitrogens is 2. The Morgan fingerprint density at radius 2 is 1.76 bits per heavy atom. The molecule has 0 atom stereocenters. The number of hydrogen-bond acceptors (Lipinski definition) is 7. The lowest BCUT2D eigenvalue weighted by Crippen LogP contribution is -2.50. The Bertz CT molecular complexity index is 1240. The second-order valence-corrected chi connectivity index (χ2v) is 10.5. The molecule has 11 heteroatoms. The number of likely N-dealkylation sites (tertiary alicyclic amines) is 1. The van der Waals surface area contributed by atoms with Gasteiger partial charge in [-0.15, -0.1) is 0 Å². The number of nitrogens with zero attached hydrogens (tertiary/aromatic N) is 5. The maximum absolute atomic E-state index is 14.5. The van der Waals surface area contributed by atoms with E-state index in [2.05, 4.69) is 15.3 Å². The second kappa shape index (κ2) is 11.1. The Kier molecular flexibility index (Phi) is 7.90. The van der Waals surface area contributed by atoms with Crippen molar-refractivity contribution in [1.82, 2.24) is 25.1 Å². The number of rotatable bonds is 6. The predicted molar refractivity (Wildman–Crippen MR) is 135 cm³/mol. The van der Waals surface area contributed by atoms with Crippen molar-refractivity contribution in [2.75, 3.05) is 19.6 Å². The van der Waals surface area contributed by atoms with Crippen molar-refractivity contribution >= 4 is 17.9 Å². The Morgan fingerprint density at radius 1 is 1.13 bits per heavy atom. The zero-order valence-electron chi connectivity index (χ0n) is 21.7. The molecule has 38 heavy (non-hydrogen) atoms. The fourth-order valence-corrected chi connectivity index (χ4v) is 4.43. The molecule has 3 amide bonds. The van der Waals surface area contributed by atoms with Gasteiger partial charge in [-0.1, -0.05) is 6.07 Å². The fraction of sp³-hybridized carbons (Fsp3) is 0.481. The number of hydrogen-bond donors (Lipinski definition) is 1. The molecule has 0 spiro atoms. The number of nitriles is 1. The van der Waals surface area contributed by atoms with Gasteiger partial charge in [0.2, 0.25) is 0 Å². The molecular formula is C27H31FN6O4. The van der Waals surface area contributed by atoms with E-state index in [0.29, 0.717) is 37.1 Å². The van der Waals surface area contributed by atoms with Gasteiger partial charge >= 0.3 is 6.09 Å². The summed E-state index contributed by atoms with van der Waals surface area (Å²) in [4.78, 5) is 49.9. The maximum atomic E-state index is 14.5. The van der Waals surface area contributed by atoms with Crippen LogP contribution in [0.1, 0.15) is 67.2 Å². The number of carbonyl (C=O) groups excluding carboxylic acids is 3. The van der Waals surface area contributed by atoms with Crippen molar-refractivity contribution in [2.45, 2.75) is 64.1 Å². The van der Waals surface area contributed by atoms with Crippen LogP contribution in [0.4, 0.5) is 9.18 Å². The minimum absolute atomic E-state index is 0.00202. The average molecular weight is 523 g/mol. The highest BCUT2D eigenvalue weighted by Gasteiger charge is 2.40. The van der Waals surface area contributed by atoms with Crippen LogP contribution in [0.15, 0.2) is 30.6 Å². The molecule has 200 valence electrons. The van der Waals surface area contributed by atoms with Gasteiger partial charge in [-0.05, 0) is 58.6 Å². The summed E-state index contributed by atoms with van der Waals surface area (Å²) in [6.45, 7) is 6.31. The van der Waals surface area contributed by atoms with Gasteiger partial charge in [0.15, 0.2) is 5.82 Å².